The van der Waals surface area contributed by atoms with Crippen molar-refractivity contribution >= 4 is 17.0 Å². The Labute approximate surface area is 198 Å². The summed E-state index contributed by atoms with van der Waals surface area (Å²) in [5.41, 5.74) is 0. The molecule has 0 aromatic heterocycles. The summed E-state index contributed by atoms with van der Waals surface area (Å²) in [4.78, 5) is 40.0. The Balaban J connectivity index is -0.0000000221. The molecule has 7 nitrogen and oxygen atoms in total. The van der Waals surface area contributed by atoms with Gasteiger partial charge < -0.3 is 28.8 Å². The van der Waals surface area contributed by atoms with Gasteiger partial charge in [-0.3, -0.25) is 4.46 Å². The van der Waals surface area contributed by atoms with E-state index in [4.69, 9.17) is 33.3 Å². The Bertz CT molecular complexity index is 118. The first-order valence-corrected chi connectivity index (χ1v) is 4.14. The summed E-state index contributed by atoms with van der Waals surface area (Å²) in [6, 6.07) is 0. The number of phosphoric acid groups is 1. The van der Waals surface area contributed by atoms with E-state index in [1.54, 1.807) is 0 Å². The first kappa shape index (κ1) is 30.0. The van der Waals surface area contributed by atoms with Gasteiger partial charge in [0.05, 0.1) is 0 Å². The van der Waals surface area contributed by atoms with Crippen molar-refractivity contribution in [2.45, 2.75) is 0 Å². The molecule has 0 aromatic carbocycles. The molecule has 0 aliphatic heterocycles. The van der Waals surface area contributed by atoms with E-state index in [9.17, 15) is 0 Å². The van der Waals surface area contributed by atoms with Crippen molar-refractivity contribution in [2.24, 2.45) is 0 Å². The number of hydrogen-bond acceptors (Lipinski definition) is 5. The van der Waals surface area contributed by atoms with E-state index in [-0.39, 0.29) is 154 Å². The maximum absolute atomic E-state index is 8.74. The summed E-state index contributed by atoms with van der Waals surface area (Å²) in [5, 5.41) is 0. The van der Waals surface area contributed by atoms with E-state index in [0.29, 0.717) is 0 Å². The normalized spacial score (nSPS) is 6.92. The minimum Gasteiger partial charge on any atom is -0.822 e. The third kappa shape index (κ3) is 127. The van der Waals surface area contributed by atoms with Gasteiger partial charge in [-0.2, -0.15) is 7.82 Å². The molecule has 0 atom stereocenters. The van der Waals surface area contributed by atoms with Crippen LogP contribution in [0.4, 0.5) is 0 Å². The molecule has 0 spiro atoms. The Kier molecular flexibility index (Phi) is 45.1. The predicted octanol–water partition coefficient (Wildman–Crippen LogP) is -13.4. The molecule has 12 heteroatoms. The van der Waals surface area contributed by atoms with E-state index in [1.165, 1.54) is 0 Å². The van der Waals surface area contributed by atoms with Gasteiger partial charge in [0.25, 0.3) is 0 Å². The summed E-state index contributed by atoms with van der Waals surface area (Å²) in [6.07, 6.45) is 0. The molecule has 0 saturated carbocycles. The van der Waals surface area contributed by atoms with E-state index < -0.39 is 17.0 Å². The van der Waals surface area contributed by atoms with Crippen LogP contribution < -0.4 is 169 Å². The molecular weight excluding hydrogens is 288 g/mol. The molecule has 0 rings (SSSR count). The average Bonchev–Trinajstić information content (AvgIpc) is 1.19. The summed E-state index contributed by atoms with van der Waals surface area (Å²) in [5.74, 6) is 0. The molecule has 0 unspecified atom stereocenters. The molecule has 12 heavy (non-hydrogen) atoms. The second kappa shape index (κ2) is 18.0. The summed E-state index contributed by atoms with van der Waals surface area (Å²) in [6.45, 7) is 0. The van der Waals surface area contributed by atoms with Crippen molar-refractivity contribution in [3.05, 3.63) is 0 Å². The second-order valence-corrected chi connectivity index (χ2v) is 2.19. The van der Waals surface area contributed by atoms with Crippen LogP contribution in [-0.2, 0) is 9.03 Å². The average molecular weight is 290 g/mol. The van der Waals surface area contributed by atoms with Crippen molar-refractivity contribution in [1.82, 2.24) is 0 Å². The molecule has 0 aliphatic carbocycles. The molecule has 0 radical (unpaired) electrons. The number of rotatable bonds is 0. The van der Waals surface area contributed by atoms with E-state index >= 15 is 0 Å². The molecular formula is H2K3O7PSi. The van der Waals surface area contributed by atoms with Crippen LogP contribution in [-0.4, -0.2) is 18.8 Å². The molecule has 56 valence electrons. The van der Waals surface area contributed by atoms with E-state index in [1.807, 2.05) is 0 Å². The Morgan fingerprint density at radius 2 is 1.00 bits per heavy atom. The zero-order valence-corrected chi connectivity index (χ0v) is 18.1. The van der Waals surface area contributed by atoms with Crippen molar-refractivity contribution in [3.63, 3.8) is 0 Å². The van der Waals surface area contributed by atoms with E-state index in [0.717, 1.165) is 0 Å². The van der Waals surface area contributed by atoms with Gasteiger partial charge in [-0.05, 0) is 0 Å². The quantitative estimate of drug-likeness (QED) is 0.333. The molecule has 0 amide bonds. The van der Waals surface area contributed by atoms with Gasteiger partial charge in [0.15, 0.2) is 0 Å². The molecule has 0 heterocycles. The van der Waals surface area contributed by atoms with Crippen LogP contribution in [0, 0.1) is 0 Å². The fourth-order valence-corrected chi connectivity index (χ4v) is 0. The Hall–Kier alpha value is 4.64. The van der Waals surface area contributed by atoms with Crippen molar-refractivity contribution in [1.29, 1.82) is 0 Å². The second-order valence-electron chi connectivity index (χ2n) is 0.730. The first-order valence-electron chi connectivity index (χ1n) is 1.38. The zero-order valence-electron chi connectivity index (χ0n) is 6.88. The van der Waals surface area contributed by atoms with Gasteiger partial charge in [0.2, 0.25) is 0 Å². The molecule has 0 bridgehead atoms. The van der Waals surface area contributed by atoms with Crippen LogP contribution in [0.15, 0.2) is 0 Å². The molecule has 0 aromatic rings. The SMILES string of the molecule is O=P([O-])([O-])[O-].O=[Si](O)O.[K+].[K+].[K+]. The van der Waals surface area contributed by atoms with Crippen molar-refractivity contribution < 1.29 is 187 Å². The Morgan fingerprint density at radius 1 is 1.00 bits per heavy atom. The van der Waals surface area contributed by atoms with Gasteiger partial charge in [-0.15, -0.1) is 0 Å². The monoisotopic (exact) mass is 290 g/mol. The number of hydrogen-bond donors (Lipinski definition) is 2. The summed E-state index contributed by atoms with van der Waals surface area (Å²) >= 11 is 0. The van der Waals surface area contributed by atoms with Gasteiger partial charge in [0, 0.05) is 0 Å². The van der Waals surface area contributed by atoms with Crippen LogP contribution in [0.25, 0.3) is 0 Å². The largest absolute Gasteiger partial charge is 1.00 e. The van der Waals surface area contributed by atoms with Gasteiger partial charge in [-0.1, -0.05) is 0 Å². The minimum atomic E-state index is -5.39. The summed E-state index contributed by atoms with van der Waals surface area (Å²) in [7, 11) is -8.52. The molecule has 0 saturated heterocycles. The third-order valence-corrected chi connectivity index (χ3v) is 0. The van der Waals surface area contributed by atoms with Crippen LogP contribution in [0.2, 0.25) is 0 Å². The maximum atomic E-state index is 8.74. The third-order valence-electron chi connectivity index (χ3n) is 0. The molecule has 0 fully saturated rings. The fourth-order valence-electron chi connectivity index (χ4n) is 0. The van der Waals surface area contributed by atoms with Crippen molar-refractivity contribution in [3.8, 4) is 0 Å². The van der Waals surface area contributed by atoms with Crippen LogP contribution >= 0.6 is 7.82 Å². The van der Waals surface area contributed by atoms with Crippen LogP contribution in [0.3, 0.4) is 0 Å². The van der Waals surface area contributed by atoms with Gasteiger partial charge in [0.1, 0.15) is 0 Å². The summed E-state index contributed by atoms with van der Waals surface area (Å²) < 4.78 is 17.3. The van der Waals surface area contributed by atoms with Crippen LogP contribution in [0.5, 0.6) is 0 Å². The topological polar surface area (TPSA) is 144 Å². The smallest absolute Gasteiger partial charge is 0.822 e. The van der Waals surface area contributed by atoms with Gasteiger partial charge >= 0.3 is 163 Å². The maximum Gasteiger partial charge on any atom is 1.00 e. The predicted molar refractivity (Wildman–Crippen MR) is 18.5 cm³/mol. The fraction of sp³-hybridized carbons (Fsp3) is 0. The first-order chi connectivity index (χ1) is 3.73. The standard InChI is InChI=1S/3K.H3O4P.H2O3Si/c;;;1-5(2,3)4;1-4(2)3/h;;;(H3,1,2,3,4);1-2H/q3*+1;;/p-3. The van der Waals surface area contributed by atoms with Crippen LogP contribution in [0.1, 0.15) is 0 Å². The minimum absolute atomic E-state index is 0. The Morgan fingerprint density at radius 3 is 1.00 bits per heavy atom. The van der Waals surface area contributed by atoms with E-state index in [2.05, 4.69) is 0 Å². The zero-order chi connectivity index (χ0) is 8.08. The molecule has 2 N–H and O–H groups in total. The van der Waals surface area contributed by atoms with Crippen molar-refractivity contribution in [2.75, 3.05) is 0 Å². The molecule has 0 aliphatic rings. The van der Waals surface area contributed by atoms with Gasteiger partial charge in [-0.25, -0.2) is 0 Å².